The zero-order valence-corrected chi connectivity index (χ0v) is 31.9. The monoisotopic (exact) mass is 744 g/mol. The molecule has 0 radical (unpaired) electrons. The Morgan fingerprint density at radius 1 is 0.333 bits per heavy atom. The quantitative estimate of drug-likeness (QED) is 0.158. The Bertz CT molecular complexity index is 3250. The van der Waals surface area contributed by atoms with Crippen molar-refractivity contribution in [1.82, 2.24) is 4.57 Å². The number of aromatic nitrogens is 1. The minimum absolute atomic E-state index is 1.09. The van der Waals surface area contributed by atoms with Crippen LogP contribution in [0, 0.1) is 0 Å². The first-order chi connectivity index (χ1) is 28.3. The van der Waals surface area contributed by atoms with Gasteiger partial charge in [-0.3, -0.25) is 0 Å². The van der Waals surface area contributed by atoms with E-state index in [0.29, 0.717) is 0 Å². The lowest BCUT2D eigenvalue weighted by Gasteiger charge is -2.29. The van der Waals surface area contributed by atoms with Crippen LogP contribution in [0.1, 0.15) is 0 Å². The average Bonchev–Trinajstić information content (AvgIpc) is 3.82. The fraction of sp³-hybridized carbons (Fsp3) is 0. The number of fused-ring (bicyclic) bond motifs is 6. The molecule has 0 aliphatic heterocycles. The van der Waals surface area contributed by atoms with Gasteiger partial charge in [-0.1, -0.05) is 152 Å². The minimum Gasteiger partial charge on any atom is -0.310 e. The van der Waals surface area contributed by atoms with Crippen LogP contribution in [0.3, 0.4) is 0 Å². The lowest BCUT2D eigenvalue weighted by Crippen LogP contribution is -2.11. The van der Waals surface area contributed by atoms with E-state index in [1.807, 2.05) is 11.3 Å². The zero-order valence-electron chi connectivity index (χ0n) is 31.1. The van der Waals surface area contributed by atoms with E-state index in [0.717, 1.165) is 22.7 Å². The van der Waals surface area contributed by atoms with E-state index in [1.165, 1.54) is 75.4 Å². The number of hydrogen-bond acceptors (Lipinski definition) is 2. The molecule has 2 nitrogen and oxygen atoms in total. The minimum atomic E-state index is 1.09. The Labute approximate surface area is 335 Å². The van der Waals surface area contributed by atoms with Gasteiger partial charge in [0.1, 0.15) is 0 Å². The fourth-order valence-electron chi connectivity index (χ4n) is 8.60. The van der Waals surface area contributed by atoms with Gasteiger partial charge < -0.3 is 9.47 Å². The van der Waals surface area contributed by atoms with E-state index in [9.17, 15) is 0 Å². The molecule has 0 bridgehead atoms. The Balaban J connectivity index is 1.16. The number of nitrogens with zero attached hydrogens (tertiary/aromatic N) is 2. The van der Waals surface area contributed by atoms with Crippen LogP contribution in [0.15, 0.2) is 218 Å². The number of thiophene rings is 1. The highest BCUT2D eigenvalue weighted by Crippen LogP contribution is 2.46. The SMILES string of the molecule is c1ccc(-c2ccccc2-c2cccc(N(c3ccc4c5ccccc5n(-c5ccccc5)c4c3)c3ccccc3-c3ccc4sc5ccccc5c4c3)c2)cc1. The third kappa shape index (κ3) is 5.71. The maximum absolute atomic E-state index is 2.45. The molecule has 2 aromatic heterocycles. The van der Waals surface area contributed by atoms with Crippen molar-refractivity contribution >= 4 is 70.4 Å². The summed E-state index contributed by atoms with van der Waals surface area (Å²) in [6.07, 6.45) is 0. The average molecular weight is 745 g/mol. The van der Waals surface area contributed by atoms with Gasteiger partial charge in [0.05, 0.1) is 16.7 Å². The van der Waals surface area contributed by atoms with Crippen LogP contribution >= 0.6 is 11.3 Å². The normalized spacial score (nSPS) is 11.5. The van der Waals surface area contributed by atoms with Crippen molar-refractivity contribution in [2.45, 2.75) is 0 Å². The van der Waals surface area contributed by atoms with Crippen molar-refractivity contribution in [1.29, 1.82) is 0 Å². The van der Waals surface area contributed by atoms with E-state index in [2.05, 4.69) is 228 Å². The van der Waals surface area contributed by atoms with Crippen molar-refractivity contribution in [3.05, 3.63) is 218 Å². The lowest BCUT2D eigenvalue weighted by atomic mass is 9.94. The molecule has 2 heterocycles. The highest BCUT2D eigenvalue weighted by atomic mass is 32.1. The summed E-state index contributed by atoms with van der Waals surface area (Å²) >= 11 is 1.86. The van der Waals surface area contributed by atoms with Gasteiger partial charge in [0.15, 0.2) is 0 Å². The molecule has 0 atom stereocenters. The largest absolute Gasteiger partial charge is 0.310 e. The van der Waals surface area contributed by atoms with Crippen LogP contribution in [0.2, 0.25) is 0 Å². The molecular formula is C54H36N2S. The van der Waals surface area contributed by atoms with E-state index < -0.39 is 0 Å². The summed E-state index contributed by atoms with van der Waals surface area (Å²) in [5.41, 5.74) is 14.0. The maximum Gasteiger partial charge on any atom is 0.0561 e. The Morgan fingerprint density at radius 2 is 0.930 bits per heavy atom. The maximum atomic E-state index is 2.45. The Morgan fingerprint density at radius 3 is 1.77 bits per heavy atom. The molecule has 11 rings (SSSR count). The standard InChI is InChI=1S/C54H36N2S/c1-3-16-37(17-4-1)43-22-7-8-23-44(43)38-18-15-21-41(34-38)55(42-31-32-47-46-25-10-13-28-51(46)56(52(47)36-42)40-19-5-2-6-20-40)50-27-12-9-24-45(50)39-30-33-54-49(35-39)48-26-11-14-29-53(48)57-54/h1-36H. The van der Waals surface area contributed by atoms with Crippen molar-refractivity contribution in [2.75, 3.05) is 4.90 Å². The first-order valence-electron chi connectivity index (χ1n) is 19.4. The molecule has 0 amide bonds. The summed E-state index contributed by atoms with van der Waals surface area (Å²) < 4.78 is 5.02. The van der Waals surface area contributed by atoms with Crippen LogP contribution < -0.4 is 4.90 Å². The van der Waals surface area contributed by atoms with E-state index in [1.54, 1.807) is 0 Å². The van der Waals surface area contributed by atoms with E-state index in [4.69, 9.17) is 0 Å². The summed E-state index contributed by atoms with van der Waals surface area (Å²) in [7, 11) is 0. The highest BCUT2D eigenvalue weighted by Gasteiger charge is 2.21. The highest BCUT2D eigenvalue weighted by molar-refractivity contribution is 7.25. The summed E-state index contributed by atoms with van der Waals surface area (Å²) in [6.45, 7) is 0. The summed E-state index contributed by atoms with van der Waals surface area (Å²) in [5, 5.41) is 5.07. The summed E-state index contributed by atoms with van der Waals surface area (Å²) in [5.74, 6) is 0. The third-order valence-corrected chi connectivity index (χ3v) is 12.3. The molecule has 57 heavy (non-hydrogen) atoms. The third-order valence-electron chi connectivity index (χ3n) is 11.2. The predicted molar refractivity (Wildman–Crippen MR) is 245 cm³/mol. The molecule has 0 N–H and O–H groups in total. The first kappa shape index (κ1) is 33.2. The number of hydrogen-bond donors (Lipinski definition) is 0. The Kier molecular flexibility index (Phi) is 8.04. The molecule has 0 saturated carbocycles. The van der Waals surface area contributed by atoms with Crippen molar-refractivity contribution in [3.8, 4) is 39.1 Å². The molecule has 268 valence electrons. The zero-order chi connectivity index (χ0) is 37.7. The molecule has 0 aliphatic carbocycles. The molecule has 11 aromatic rings. The van der Waals surface area contributed by atoms with E-state index in [-0.39, 0.29) is 0 Å². The summed E-state index contributed by atoms with van der Waals surface area (Å²) in [6, 6.07) is 79.5. The van der Waals surface area contributed by atoms with Gasteiger partial charge in [0, 0.05) is 53.6 Å². The first-order valence-corrected chi connectivity index (χ1v) is 20.2. The van der Waals surface area contributed by atoms with Crippen LogP contribution in [0.4, 0.5) is 17.1 Å². The van der Waals surface area contributed by atoms with Gasteiger partial charge >= 0.3 is 0 Å². The van der Waals surface area contributed by atoms with Crippen LogP contribution in [-0.4, -0.2) is 4.57 Å². The molecule has 0 saturated heterocycles. The molecule has 0 fully saturated rings. The van der Waals surface area contributed by atoms with Gasteiger partial charge in [-0.05, 0) is 94.5 Å². The van der Waals surface area contributed by atoms with Crippen LogP contribution in [-0.2, 0) is 0 Å². The molecule has 3 heteroatoms. The summed E-state index contributed by atoms with van der Waals surface area (Å²) in [4.78, 5) is 2.45. The fourth-order valence-corrected chi connectivity index (χ4v) is 9.69. The molecule has 9 aromatic carbocycles. The van der Waals surface area contributed by atoms with Gasteiger partial charge in [0.2, 0.25) is 0 Å². The predicted octanol–water partition coefficient (Wildman–Crippen LogP) is 15.6. The second-order valence-electron chi connectivity index (χ2n) is 14.5. The van der Waals surface area contributed by atoms with Gasteiger partial charge in [0.25, 0.3) is 0 Å². The van der Waals surface area contributed by atoms with E-state index >= 15 is 0 Å². The Hall–Kier alpha value is -7.20. The second kappa shape index (κ2) is 13.8. The van der Waals surface area contributed by atoms with Gasteiger partial charge in [-0.15, -0.1) is 11.3 Å². The van der Waals surface area contributed by atoms with Crippen molar-refractivity contribution < 1.29 is 0 Å². The molecular weight excluding hydrogens is 709 g/mol. The molecule has 0 aliphatic rings. The number of benzene rings is 9. The topological polar surface area (TPSA) is 8.17 Å². The second-order valence-corrected chi connectivity index (χ2v) is 15.6. The lowest BCUT2D eigenvalue weighted by molar-refractivity contribution is 1.18. The van der Waals surface area contributed by atoms with Crippen molar-refractivity contribution in [3.63, 3.8) is 0 Å². The van der Waals surface area contributed by atoms with Crippen LogP contribution in [0.5, 0.6) is 0 Å². The number of para-hydroxylation sites is 3. The smallest absolute Gasteiger partial charge is 0.0561 e. The van der Waals surface area contributed by atoms with Crippen LogP contribution in [0.25, 0.3) is 81.0 Å². The molecule has 0 spiro atoms. The van der Waals surface area contributed by atoms with Gasteiger partial charge in [-0.2, -0.15) is 0 Å². The number of anilines is 3. The van der Waals surface area contributed by atoms with Gasteiger partial charge in [-0.25, -0.2) is 0 Å². The molecule has 0 unspecified atom stereocenters. The number of rotatable bonds is 7. The van der Waals surface area contributed by atoms with Crippen molar-refractivity contribution in [2.24, 2.45) is 0 Å².